The lowest BCUT2D eigenvalue weighted by Gasteiger charge is -2.26. The number of carbonyl (C=O) groups is 2. The summed E-state index contributed by atoms with van der Waals surface area (Å²) < 4.78 is 5.93. The number of ether oxygens (including phenoxy) is 1. The van der Waals surface area contributed by atoms with E-state index in [9.17, 15) is 9.59 Å². The number of rotatable bonds is 5. The highest BCUT2D eigenvalue weighted by molar-refractivity contribution is 6.26. The number of likely N-dealkylation sites (tertiary alicyclic amines) is 1. The van der Waals surface area contributed by atoms with E-state index in [1.807, 2.05) is 18.2 Å². The van der Waals surface area contributed by atoms with Gasteiger partial charge in [-0.15, -0.1) is 0 Å². The molecule has 0 radical (unpaired) electrons. The third-order valence-corrected chi connectivity index (χ3v) is 5.31. The van der Waals surface area contributed by atoms with Crippen molar-refractivity contribution in [1.29, 1.82) is 0 Å². The summed E-state index contributed by atoms with van der Waals surface area (Å²) in [7, 11) is 0. The molecule has 2 aromatic carbocycles. The van der Waals surface area contributed by atoms with Crippen LogP contribution in [0, 0.1) is 0 Å². The molecule has 5 nitrogen and oxygen atoms in total. The average molecular weight is 388 g/mol. The van der Waals surface area contributed by atoms with Gasteiger partial charge in [0.2, 0.25) is 0 Å². The van der Waals surface area contributed by atoms with E-state index >= 15 is 0 Å². The maximum absolute atomic E-state index is 12.9. The fraction of sp³-hybridized carbons (Fsp3) is 0.292. The standard InChI is InChI=1S/C24H24N2O3/c27-22-13-12-21(18-8-2-3-9-19(18)22)25-24(28)20-10-4-5-11-23(20)29-17-16-26-14-6-1-7-15-26/h2-5,8-13H,1,6-7,14-17H2. The normalized spacial score (nSPS) is 17.9. The number of hydrogen-bond donors (Lipinski definition) is 0. The Hall–Kier alpha value is -3.05. The largest absolute Gasteiger partial charge is 0.491 e. The van der Waals surface area contributed by atoms with E-state index in [0.717, 1.165) is 19.6 Å². The van der Waals surface area contributed by atoms with Crippen LogP contribution in [0.4, 0.5) is 0 Å². The van der Waals surface area contributed by atoms with Gasteiger partial charge in [-0.2, -0.15) is 0 Å². The maximum atomic E-state index is 12.9. The second kappa shape index (κ2) is 8.97. The first kappa shape index (κ1) is 19.3. The van der Waals surface area contributed by atoms with Crippen molar-refractivity contribution in [2.75, 3.05) is 26.2 Å². The average Bonchev–Trinajstić information content (AvgIpc) is 2.77. The number of aliphatic imine (C=N–C) groups is 1. The molecule has 0 bridgehead atoms. The molecule has 4 rings (SSSR count). The molecule has 1 amide bonds. The quantitative estimate of drug-likeness (QED) is 0.779. The van der Waals surface area contributed by atoms with E-state index in [1.54, 1.807) is 36.4 Å². The number of nitrogens with zero attached hydrogens (tertiary/aromatic N) is 2. The Morgan fingerprint density at radius 3 is 2.48 bits per heavy atom. The molecular formula is C24H24N2O3. The van der Waals surface area contributed by atoms with Gasteiger partial charge in [0.1, 0.15) is 12.4 Å². The fourth-order valence-corrected chi connectivity index (χ4v) is 3.76. The second-order valence-electron chi connectivity index (χ2n) is 7.29. The van der Waals surface area contributed by atoms with Crippen LogP contribution in [0.5, 0.6) is 5.75 Å². The van der Waals surface area contributed by atoms with Crippen molar-refractivity contribution in [2.45, 2.75) is 19.3 Å². The summed E-state index contributed by atoms with van der Waals surface area (Å²) in [6.07, 6.45) is 6.84. The highest BCUT2D eigenvalue weighted by Crippen LogP contribution is 2.22. The Kier molecular flexibility index (Phi) is 5.96. The number of carbonyl (C=O) groups excluding carboxylic acids is 2. The van der Waals surface area contributed by atoms with Crippen LogP contribution >= 0.6 is 0 Å². The molecule has 1 aliphatic heterocycles. The molecule has 0 N–H and O–H groups in total. The van der Waals surface area contributed by atoms with E-state index in [-0.39, 0.29) is 11.7 Å². The van der Waals surface area contributed by atoms with Gasteiger partial charge in [-0.25, -0.2) is 4.99 Å². The van der Waals surface area contributed by atoms with Gasteiger partial charge in [-0.3, -0.25) is 14.5 Å². The van der Waals surface area contributed by atoms with Crippen molar-refractivity contribution >= 4 is 17.4 Å². The molecule has 2 aliphatic rings. The van der Waals surface area contributed by atoms with Crippen molar-refractivity contribution in [3.63, 3.8) is 0 Å². The zero-order chi connectivity index (χ0) is 20.1. The van der Waals surface area contributed by atoms with E-state index in [2.05, 4.69) is 9.89 Å². The number of hydrogen-bond acceptors (Lipinski definition) is 4. The third kappa shape index (κ3) is 4.51. The lowest BCUT2D eigenvalue weighted by molar-refractivity contribution is 0.0995. The SMILES string of the molecule is O=C(N=C1C=CC(=O)c2ccccc21)c1ccccc1OCCN1CCCCC1. The minimum Gasteiger partial charge on any atom is -0.491 e. The Balaban J connectivity index is 1.50. The number of para-hydroxylation sites is 1. The molecule has 2 aromatic rings. The van der Waals surface area contributed by atoms with Crippen molar-refractivity contribution in [1.82, 2.24) is 4.90 Å². The second-order valence-corrected chi connectivity index (χ2v) is 7.29. The molecular weight excluding hydrogens is 364 g/mol. The van der Waals surface area contributed by atoms with E-state index in [4.69, 9.17) is 4.74 Å². The minimum absolute atomic E-state index is 0.0755. The zero-order valence-corrected chi connectivity index (χ0v) is 16.3. The van der Waals surface area contributed by atoms with Gasteiger partial charge in [0.05, 0.1) is 11.3 Å². The molecule has 0 unspecified atom stereocenters. The molecule has 0 aromatic heterocycles. The predicted octanol–water partition coefficient (Wildman–Crippen LogP) is 3.93. The minimum atomic E-state index is -0.373. The first-order chi connectivity index (χ1) is 14.2. The number of amides is 1. The highest BCUT2D eigenvalue weighted by Gasteiger charge is 2.19. The maximum Gasteiger partial charge on any atom is 0.281 e. The van der Waals surface area contributed by atoms with Crippen molar-refractivity contribution in [3.05, 3.63) is 77.4 Å². The first-order valence-electron chi connectivity index (χ1n) is 10.1. The Labute approximate surface area is 170 Å². The van der Waals surface area contributed by atoms with E-state index in [0.29, 0.717) is 34.8 Å². The zero-order valence-electron chi connectivity index (χ0n) is 16.3. The molecule has 148 valence electrons. The van der Waals surface area contributed by atoms with Crippen LogP contribution in [0.1, 0.15) is 45.5 Å². The van der Waals surface area contributed by atoms with Crippen LogP contribution in [0.3, 0.4) is 0 Å². The molecule has 1 fully saturated rings. The molecule has 1 saturated heterocycles. The van der Waals surface area contributed by atoms with E-state index in [1.165, 1.54) is 25.3 Å². The van der Waals surface area contributed by atoms with Gasteiger partial charge in [-0.05, 0) is 50.2 Å². The van der Waals surface area contributed by atoms with Crippen molar-refractivity contribution in [2.24, 2.45) is 4.99 Å². The van der Waals surface area contributed by atoms with Gasteiger partial charge >= 0.3 is 0 Å². The molecule has 0 spiro atoms. The Bertz CT molecular complexity index is 972. The van der Waals surface area contributed by atoms with Crippen molar-refractivity contribution < 1.29 is 14.3 Å². The Morgan fingerprint density at radius 2 is 1.66 bits per heavy atom. The van der Waals surface area contributed by atoms with Crippen molar-refractivity contribution in [3.8, 4) is 5.75 Å². The monoisotopic (exact) mass is 388 g/mol. The van der Waals surface area contributed by atoms with Crippen LogP contribution in [-0.4, -0.2) is 48.5 Å². The molecule has 1 aliphatic carbocycles. The summed E-state index contributed by atoms with van der Waals surface area (Å²) in [5.74, 6) is 0.0961. The van der Waals surface area contributed by atoms with Gasteiger partial charge < -0.3 is 4.74 Å². The summed E-state index contributed by atoms with van der Waals surface area (Å²) in [6.45, 7) is 3.62. The molecule has 0 atom stereocenters. The van der Waals surface area contributed by atoms with Crippen LogP contribution in [0.2, 0.25) is 0 Å². The molecule has 29 heavy (non-hydrogen) atoms. The van der Waals surface area contributed by atoms with E-state index < -0.39 is 0 Å². The summed E-state index contributed by atoms with van der Waals surface area (Å²) in [5, 5.41) is 0. The highest BCUT2D eigenvalue weighted by atomic mass is 16.5. The van der Waals surface area contributed by atoms with Gasteiger partial charge in [-0.1, -0.05) is 42.8 Å². The van der Waals surface area contributed by atoms with Crippen LogP contribution in [0.25, 0.3) is 0 Å². The van der Waals surface area contributed by atoms with Crippen LogP contribution in [-0.2, 0) is 0 Å². The summed E-state index contributed by atoms with van der Waals surface area (Å²) >= 11 is 0. The van der Waals surface area contributed by atoms with Gasteiger partial charge in [0.25, 0.3) is 5.91 Å². The topological polar surface area (TPSA) is 59.0 Å². The summed E-state index contributed by atoms with van der Waals surface area (Å²) in [5.41, 5.74) is 2.17. The Morgan fingerprint density at radius 1 is 0.931 bits per heavy atom. The van der Waals surface area contributed by atoms with Gasteiger partial charge in [0.15, 0.2) is 5.78 Å². The van der Waals surface area contributed by atoms with Gasteiger partial charge in [0, 0.05) is 17.7 Å². The smallest absolute Gasteiger partial charge is 0.281 e. The third-order valence-electron chi connectivity index (χ3n) is 5.31. The number of allylic oxidation sites excluding steroid dienone is 2. The number of piperidine rings is 1. The van der Waals surface area contributed by atoms with Crippen LogP contribution in [0.15, 0.2) is 65.7 Å². The summed E-state index contributed by atoms with van der Waals surface area (Å²) in [4.78, 5) is 31.6. The molecule has 5 heteroatoms. The first-order valence-corrected chi connectivity index (χ1v) is 10.1. The number of fused-ring (bicyclic) bond motifs is 1. The lowest BCUT2D eigenvalue weighted by atomic mass is 9.94. The predicted molar refractivity (Wildman–Crippen MR) is 113 cm³/mol. The summed E-state index contributed by atoms with van der Waals surface area (Å²) in [6, 6.07) is 14.4. The molecule has 0 saturated carbocycles. The fourth-order valence-electron chi connectivity index (χ4n) is 3.76. The number of ketones is 1. The van der Waals surface area contributed by atoms with Crippen LogP contribution < -0.4 is 4.74 Å². The number of benzene rings is 2. The molecule has 1 heterocycles. The lowest BCUT2D eigenvalue weighted by Crippen LogP contribution is -2.33.